The van der Waals surface area contributed by atoms with Crippen molar-refractivity contribution in [2.45, 2.75) is 45.8 Å². The van der Waals surface area contributed by atoms with Crippen molar-refractivity contribution in [2.75, 3.05) is 0 Å². The van der Waals surface area contributed by atoms with Crippen molar-refractivity contribution in [3.8, 4) is 0 Å². The minimum absolute atomic E-state index is 0.355. The van der Waals surface area contributed by atoms with Crippen LogP contribution >= 0.6 is 0 Å². The Labute approximate surface area is 110 Å². The molecule has 0 aliphatic heterocycles. The molecule has 0 saturated carbocycles. The van der Waals surface area contributed by atoms with Crippen molar-refractivity contribution in [3.05, 3.63) is 24.2 Å². The first-order valence-electron chi connectivity index (χ1n) is 5.99. The number of halogens is 3. The molecule has 0 spiro atoms. The highest BCUT2D eigenvalue weighted by molar-refractivity contribution is 5.76. The molecule has 1 heterocycles. The molecule has 6 heteroatoms. The molecule has 1 rings (SSSR count). The standard InChI is InChI=1S/C13H18F3NO2/c1-12(2,3)11(9-5-4-8-19-9)17-10(18)6-7-13(14,15)16/h4-5,8,11H,6-7H2,1-3H3,(H,17,18). The van der Waals surface area contributed by atoms with Gasteiger partial charge in [0.25, 0.3) is 0 Å². The fourth-order valence-corrected chi connectivity index (χ4v) is 1.66. The van der Waals surface area contributed by atoms with Crippen LogP contribution in [0.4, 0.5) is 13.2 Å². The number of hydrogen-bond donors (Lipinski definition) is 1. The lowest BCUT2D eigenvalue weighted by Crippen LogP contribution is -2.36. The molecule has 19 heavy (non-hydrogen) atoms. The van der Waals surface area contributed by atoms with E-state index in [-0.39, 0.29) is 5.41 Å². The lowest BCUT2D eigenvalue weighted by atomic mass is 9.85. The number of rotatable bonds is 4. The molecule has 0 aliphatic rings. The van der Waals surface area contributed by atoms with E-state index < -0.39 is 31.0 Å². The molecule has 1 amide bonds. The Morgan fingerprint density at radius 2 is 2.00 bits per heavy atom. The normalized spacial score (nSPS) is 14.2. The third-order valence-corrected chi connectivity index (χ3v) is 2.63. The summed E-state index contributed by atoms with van der Waals surface area (Å²) in [6, 6.07) is 2.92. The van der Waals surface area contributed by atoms with Gasteiger partial charge in [-0.15, -0.1) is 0 Å². The summed E-state index contributed by atoms with van der Waals surface area (Å²) in [5, 5.41) is 2.60. The first kappa shape index (κ1) is 15.6. The van der Waals surface area contributed by atoms with Crippen molar-refractivity contribution >= 4 is 5.91 Å². The summed E-state index contributed by atoms with van der Waals surface area (Å²) in [6.45, 7) is 5.64. The SMILES string of the molecule is CC(C)(C)C(NC(=O)CCC(F)(F)F)c1ccco1. The highest BCUT2D eigenvalue weighted by Gasteiger charge is 2.32. The molecule has 1 aromatic rings. The van der Waals surface area contributed by atoms with Crippen LogP contribution in [0.3, 0.4) is 0 Å². The van der Waals surface area contributed by atoms with E-state index in [0.29, 0.717) is 5.76 Å². The largest absolute Gasteiger partial charge is 0.467 e. The molecule has 0 aromatic carbocycles. The third kappa shape index (κ3) is 5.36. The Balaban J connectivity index is 2.67. The summed E-state index contributed by atoms with van der Waals surface area (Å²) in [5.74, 6) is -0.0958. The highest BCUT2D eigenvalue weighted by atomic mass is 19.4. The molecule has 108 valence electrons. The average Bonchev–Trinajstić information content (AvgIpc) is 2.73. The van der Waals surface area contributed by atoms with E-state index in [1.165, 1.54) is 6.26 Å². The summed E-state index contributed by atoms with van der Waals surface area (Å²) >= 11 is 0. The van der Waals surface area contributed by atoms with E-state index >= 15 is 0 Å². The number of carbonyl (C=O) groups excluding carboxylic acids is 1. The minimum atomic E-state index is -4.32. The molecular weight excluding hydrogens is 259 g/mol. The van der Waals surface area contributed by atoms with E-state index in [9.17, 15) is 18.0 Å². The van der Waals surface area contributed by atoms with Crippen molar-refractivity contribution in [2.24, 2.45) is 5.41 Å². The molecule has 1 N–H and O–H groups in total. The molecule has 1 unspecified atom stereocenters. The molecule has 1 atom stereocenters. The van der Waals surface area contributed by atoms with Gasteiger partial charge in [0.05, 0.1) is 18.7 Å². The fourth-order valence-electron chi connectivity index (χ4n) is 1.66. The van der Waals surface area contributed by atoms with Crippen LogP contribution in [0.5, 0.6) is 0 Å². The number of hydrogen-bond acceptors (Lipinski definition) is 2. The molecule has 0 bridgehead atoms. The Morgan fingerprint density at radius 1 is 1.37 bits per heavy atom. The topological polar surface area (TPSA) is 42.2 Å². The molecule has 0 saturated heterocycles. The van der Waals surface area contributed by atoms with Crippen LogP contribution in [0.15, 0.2) is 22.8 Å². The summed E-state index contributed by atoms with van der Waals surface area (Å²) in [6.07, 6.45) is -4.54. The summed E-state index contributed by atoms with van der Waals surface area (Å²) < 4.78 is 41.4. The van der Waals surface area contributed by atoms with Gasteiger partial charge < -0.3 is 9.73 Å². The van der Waals surface area contributed by atoms with Crippen molar-refractivity contribution < 1.29 is 22.4 Å². The Morgan fingerprint density at radius 3 is 2.42 bits per heavy atom. The Bertz CT molecular complexity index is 405. The van der Waals surface area contributed by atoms with Crippen LogP contribution < -0.4 is 5.32 Å². The average molecular weight is 277 g/mol. The molecule has 0 aliphatic carbocycles. The van der Waals surface area contributed by atoms with Crippen LogP contribution in [0.2, 0.25) is 0 Å². The Kier molecular flexibility index (Phi) is 4.66. The van der Waals surface area contributed by atoms with Gasteiger partial charge in [-0.05, 0) is 17.5 Å². The van der Waals surface area contributed by atoms with Crippen LogP contribution in [0, 0.1) is 5.41 Å². The summed E-state index contributed by atoms with van der Waals surface area (Å²) in [7, 11) is 0. The molecule has 1 aromatic heterocycles. The van der Waals surface area contributed by atoms with Crippen LogP contribution in [0.1, 0.15) is 45.4 Å². The predicted octanol–water partition coefficient (Wildman–Crippen LogP) is 3.83. The highest BCUT2D eigenvalue weighted by Crippen LogP contribution is 2.33. The van der Waals surface area contributed by atoms with Gasteiger partial charge in [0, 0.05) is 6.42 Å². The zero-order chi connectivity index (χ0) is 14.7. The number of carbonyl (C=O) groups is 1. The van der Waals surface area contributed by atoms with E-state index in [2.05, 4.69) is 5.32 Å². The lowest BCUT2D eigenvalue weighted by molar-refractivity contribution is -0.144. The van der Waals surface area contributed by atoms with Crippen LogP contribution in [-0.2, 0) is 4.79 Å². The monoisotopic (exact) mass is 277 g/mol. The molecule has 0 radical (unpaired) electrons. The minimum Gasteiger partial charge on any atom is -0.467 e. The fraction of sp³-hybridized carbons (Fsp3) is 0.615. The number of amides is 1. The van der Waals surface area contributed by atoms with Gasteiger partial charge >= 0.3 is 6.18 Å². The van der Waals surface area contributed by atoms with Gasteiger partial charge in [0.1, 0.15) is 5.76 Å². The maximum absolute atomic E-state index is 12.1. The zero-order valence-electron chi connectivity index (χ0n) is 11.2. The van der Waals surface area contributed by atoms with Gasteiger partial charge in [-0.1, -0.05) is 20.8 Å². The lowest BCUT2D eigenvalue weighted by Gasteiger charge is -2.30. The molecule has 3 nitrogen and oxygen atoms in total. The maximum atomic E-state index is 12.1. The summed E-state index contributed by atoms with van der Waals surface area (Å²) in [5.41, 5.74) is -0.355. The van der Waals surface area contributed by atoms with E-state index in [0.717, 1.165) is 0 Å². The van der Waals surface area contributed by atoms with Crippen LogP contribution in [-0.4, -0.2) is 12.1 Å². The van der Waals surface area contributed by atoms with Gasteiger partial charge in [0.15, 0.2) is 0 Å². The third-order valence-electron chi connectivity index (χ3n) is 2.63. The number of nitrogens with one attached hydrogen (secondary N) is 1. The second-order valence-corrected chi connectivity index (χ2v) is 5.50. The van der Waals surface area contributed by atoms with Gasteiger partial charge in [0.2, 0.25) is 5.91 Å². The second-order valence-electron chi connectivity index (χ2n) is 5.50. The van der Waals surface area contributed by atoms with E-state index in [4.69, 9.17) is 4.42 Å². The van der Waals surface area contributed by atoms with Crippen molar-refractivity contribution in [1.29, 1.82) is 0 Å². The Hall–Kier alpha value is -1.46. The predicted molar refractivity (Wildman–Crippen MR) is 64.3 cm³/mol. The molecular formula is C13H18F3NO2. The maximum Gasteiger partial charge on any atom is 0.389 e. The van der Waals surface area contributed by atoms with Crippen LogP contribution in [0.25, 0.3) is 0 Å². The van der Waals surface area contributed by atoms with Gasteiger partial charge in [-0.25, -0.2) is 0 Å². The second kappa shape index (κ2) is 5.67. The van der Waals surface area contributed by atoms with Crippen molar-refractivity contribution in [1.82, 2.24) is 5.32 Å². The number of alkyl halides is 3. The van der Waals surface area contributed by atoms with E-state index in [1.807, 2.05) is 20.8 Å². The van der Waals surface area contributed by atoms with E-state index in [1.54, 1.807) is 12.1 Å². The number of furan rings is 1. The zero-order valence-corrected chi connectivity index (χ0v) is 11.2. The van der Waals surface area contributed by atoms with Crippen molar-refractivity contribution in [3.63, 3.8) is 0 Å². The first-order valence-corrected chi connectivity index (χ1v) is 5.99. The molecule has 0 fully saturated rings. The van der Waals surface area contributed by atoms with Gasteiger partial charge in [-0.3, -0.25) is 4.79 Å². The summed E-state index contributed by atoms with van der Waals surface area (Å²) in [4.78, 5) is 11.6. The first-order chi connectivity index (χ1) is 8.59. The quantitative estimate of drug-likeness (QED) is 0.909. The van der Waals surface area contributed by atoms with Gasteiger partial charge in [-0.2, -0.15) is 13.2 Å². The smallest absolute Gasteiger partial charge is 0.389 e.